The van der Waals surface area contributed by atoms with Gasteiger partial charge in [-0.25, -0.2) is 0 Å². The average Bonchev–Trinajstić information content (AvgIpc) is 2.80. The van der Waals surface area contributed by atoms with Crippen LogP contribution in [0.1, 0.15) is 28.4 Å². The normalized spacial score (nSPS) is 12.1. The standard InChI is InChI=1S/C29H30OP.BrH/c1-22-9-15-26(16-10-22)31(27-17-11-23(2)12-18-27,28-19-13-24(3)14-20-28)21-29(30)25-7-5-4-6-8-25;/h4-20,29-30H,21H2,1-3H3;1H/q+1;/p-1. The summed E-state index contributed by atoms with van der Waals surface area (Å²) in [5, 5.41) is 15.4. The third-order valence-electron chi connectivity index (χ3n) is 6.06. The number of benzene rings is 4. The Bertz CT molecular complexity index is 1010. The van der Waals surface area contributed by atoms with Gasteiger partial charge in [0.25, 0.3) is 0 Å². The smallest absolute Gasteiger partial charge is 0.115 e. The Morgan fingerprint density at radius 1 is 0.562 bits per heavy atom. The summed E-state index contributed by atoms with van der Waals surface area (Å²) in [7, 11) is -2.08. The maximum atomic E-state index is 11.4. The van der Waals surface area contributed by atoms with Gasteiger partial charge >= 0.3 is 0 Å². The molecule has 0 bridgehead atoms. The lowest BCUT2D eigenvalue weighted by molar-refractivity contribution is -0.00000803. The van der Waals surface area contributed by atoms with Gasteiger partial charge in [0.15, 0.2) is 0 Å². The van der Waals surface area contributed by atoms with Crippen molar-refractivity contribution in [1.82, 2.24) is 0 Å². The molecule has 164 valence electrons. The average molecular weight is 505 g/mol. The van der Waals surface area contributed by atoms with Crippen molar-refractivity contribution in [3.63, 3.8) is 0 Å². The molecule has 4 aromatic rings. The number of rotatable bonds is 6. The largest absolute Gasteiger partial charge is 1.00 e. The minimum Gasteiger partial charge on any atom is -1.00 e. The molecule has 1 nitrogen and oxygen atoms in total. The third kappa shape index (κ3) is 5.04. The monoisotopic (exact) mass is 504 g/mol. The van der Waals surface area contributed by atoms with Gasteiger partial charge in [0, 0.05) is 0 Å². The summed E-state index contributed by atoms with van der Waals surface area (Å²) in [6.07, 6.45) is 0.130. The van der Waals surface area contributed by atoms with Crippen LogP contribution in [0.2, 0.25) is 0 Å². The van der Waals surface area contributed by atoms with Gasteiger partial charge in [-0.05, 0) is 62.7 Å². The van der Waals surface area contributed by atoms with E-state index in [2.05, 4.69) is 93.6 Å². The maximum absolute atomic E-state index is 11.4. The molecule has 4 rings (SSSR count). The highest BCUT2D eigenvalue weighted by atomic mass is 79.9. The molecule has 0 aromatic heterocycles. The van der Waals surface area contributed by atoms with Crippen LogP contribution < -0.4 is 32.9 Å². The number of halogens is 1. The first-order valence-corrected chi connectivity index (χ1v) is 12.8. The van der Waals surface area contributed by atoms with Crippen LogP contribution in [0.25, 0.3) is 0 Å². The predicted octanol–water partition coefficient (Wildman–Crippen LogP) is 2.64. The van der Waals surface area contributed by atoms with Crippen LogP contribution in [0.4, 0.5) is 0 Å². The first-order chi connectivity index (χ1) is 15.0. The molecule has 0 aliphatic carbocycles. The fourth-order valence-corrected chi connectivity index (χ4v) is 8.43. The molecule has 32 heavy (non-hydrogen) atoms. The van der Waals surface area contributed by atoms with E-state index in [1.54, 1.807) is 0 Å². The molecular formula is C29H30BrOP. The molecular weight excluding hydrogens is 475 g/mol. The number of aliphatic hydroxyl groups excluding tert-OH is 1. The van der Waals surface area contributed by atoms with Crippen molar-refractivity contribution in [1.29, 1.82) is 0 Å². The molecule has 0 radical (unpaired) electrons. The SMILES string of the molecule is Cc1ccc([P+](CC(O)c2ccccc2)(c2ccc(C)cc2)c2ccc(C)cc2)cc1.[Br-]. The number of hydrogen-bond donors (Lipinski definition) is 1. The van der Waals surface area contributed by atoms with E-state index in [4.69, 9.17) is 0 Å². The second kappa shape index (κ2) is 10.6. The zero-order valence-corrected chi connectivity index (χ0v) is 21.4. The summed E-state index contributed by atoms with van der Waals surface area (Å²) in [6, 6.07) is 36.8. The Morgan fingerprint density at radius 3 is 1.25 bits per heavy atom. The first kappa shape index (κ1) is 24.4. The van der Waals surface area contributed by atoms with Gasteiger partial charge in [-0.2, -0.15) is 0 Å². The lowest BCUT2D eigenvalue weighted by Crippen LogP contribution is -3.00. The first-order valence-electron chi connectivity index (χ1n) is 10.8. The van der Waals surface area contributed by atoms with Crippen LogP contribution in [0.15, 0.2) is 103 Å². The molecule has 0 fully saturated rings. The van der Waals surface area contributed by atoms with Crippen molar-refractivity contribution in [2.75, 3.05) is 6.16 Å². The lowest BCUT2D eigenvalue weighted by Gasteiger charge is -2.30. The van der Waals surface area contributed by atoms with Crippen molar-refractivity contribution in [2.45, 2.75) is 26.9 Å². The fourth-order valence-electron chi connectivity index (χ4n) is 4.20. The summed E-state index contributed by atoms with van der Waals surface area (Å²) in [5.74, 6) is 0. The van der Waals surface area contributed by atoms with Gasteiger partial charge in [-0.1, -0.05) is 83.4 Å². The molecule has 3 heteroatoms. The van der Waals surface area contributed by atoms with Crippen molar-refractivity contribution < 1.29 is 22.1 Å². The number of hydrogen-bond acceptors (Lipinski definition) is 1. The Kier molecular flexibility index (Phi) is 8.06. The van der Waals surface area contributed by atoms with E-state index in [9.17, 15) is 5.11 Å². The highest BCUT2D eigenvalue weighted by Crippen LogP contribution is 2.57. The minimum absolute atomic E-state index is 0. The highest BCUT2D eigenvalue weighted by Gasteiger charge is 2.47. The van der Waals surface area contributed by atoms with Crippen molar-refractivity contribution >= 4 is 23.2 Å². The van der Waals surface area contributed by atoms with Gasteiger partial charge in [0.2, 0.25) is 0 Å². The molecule has 0 amide bonds. The van der Waals surface area contributed by atoms with E-state index in [1.165, 1.54) is 32.6 Å². The second-order valence-corrected chi connectivity index (χ2v) is 12.0. The van der Waals surface area contributed by atoms with E-state index in [0.29, 0.717) is 6.16 Å². The van der Waals surface area contributed by atoms with Crippen molar-refractivity contribution in [3.05, 3.63) is 125 Å². The van der Waals surface area contributed by atoms with Crippen LogP contribution in [0.3, 0.4) is 0 Å². The van der Waals surface area contributed by atoms with Gasteiger partial charge in [-0.15, -0.1) is 0 Å². The Balaban J connectivity index is 0.00000289. The van der Waals surface area contributed by atoms with Crippen molar-refractivity contribution in [2.24, 2.45) is 0 Å². The number of aliphatic hydroxyl groups is 1. The van der Waals surface area contributed by atoms with Gasteiger partial charge in [-0.3, -0.25) is 0 Å². The zero-order chi connectivity index (χ0) is 21.8. The minimum atomic E-state index is -2.08. The van der Waals surface area contributed by atoms with E-state index >= 15 is 0 Å². The molecule has 0 saturated carbocycles. The van der Waals surface area contributed by atoms with Gasteiger partial charge in [0.05, 0.1) is 0 Å². The van der Waals surface area contributed by atoms with Gasteiger partial charge < -0.3 is 22.1 Å². The molecule has 0 saturated heterocycles. The summed E-state index contributed by atoms with van der Waals surface area (Å²) < 4.78 is 0. The topological polar surface area (TPSA) is 20.2 Å². The Labute approximate surface area is 203 Å². The summed E-state index contributed by atoms with van der Waals surface area (Å²) >= 11 is 0. The maximum Gasteiger partial charge on any atom is 0.115 e. The highest BCUT2D eigenvalue weighted by molar-refractivity contribution is 7.95. The summed E-state index contributed by atoms with van der Waals surface area (Å²) in [6.45, 7) is 6.38. The van der Waals surface area contributed by atoms with Crippen molar-refractivity contribution in [3.8, 4) is 0 Å². The third-order valence-corrected chi connectivity index (χ3v) is 10.5. The summed E-state index contributed by atoms with van der Waals surface area (Å²) in [5.41, 5.74) is 4.72. The van der Waals surface area contributed by atoms with Crippen LogP contribution >= 0.6 is 7.26 Å². The summed E-state index contributed by atoms with van der Waals surface area (Å²) in [4.78, 5) is 0. The molecule has 4 aromatic carbocycles. The Hall–Kier alpha value is -2.25. The van der Waals surface area contributed by atoms with E-state index in [0.717, 1.165) is 5.56 Å². The number of aryl methyl sites for hydroxylation is 3. The lowest BCUT2D eigenvalue weighted by atomic mass is 10.1. The van der Waals surface area contributed by atoms with Crippen LogP contribution in [-0.2, 0) is 0 Å². The molecule has 0 aliphatic rings. The van der Waals surface area contributed by atoms with Crippen LogP contribution in [0, 0.1) is 20.8 Å². The molecule has 1 unspecified atom stereocenters. The van der Waals surface area contributed by atoms with E-state index in [-0.39, 0.29) is 17.0 Å². The van der Waals surface area contributed by atoms with Gasteiger partial charge in [0.1, 0.15) is 35.4 Å². The van der Waals surface area contributed by atoms with E-state index < -0.39 is 13.4 Å². The molecule has 0 spiro atoms. The quantitative estimate of drug-likeness (QED) is 0.400. The van der Waals surface area contributed by atoms with Crippen LogP contribution in [-0.4, -0.2) is 11.3 Å². The van der Waals surface area contributed by atoms with Crippen LogP contribution in [0.5, 0.6) is 0 Å². The molecule has 0 aliphatic heterocycles. The zero-order valence-electron chi connectivity index (χ0n) is 18.9. The van der Waals surface area contributed by atoms with E-state index in [1.807, 2.05) is 30.3 Å². The molecule has 1 N–H and O–H groups in total. The molecule has 1 atom stereocenters. The predicted molar refractivity (Wildman–Crippen MR) is 136 cm³/mol. The molecule has 0 heterocycles. The Morgan fingerprint density at radius 2 is 0.906 bits per heavy atom. The fraction of sp³-hybridized carbons (Fsp3) is 0.172. The second-order valence-electron chi connectivity index (χ2n) is 8.43.